The number of anilines is 1. The number of nitrogens with zero attached hydrogens (tertiary/aromatic N) is 2. The first-order valence-corrected chi connectivity index (χ1v) is 14.9. The Morgan fingerprint density at radius 3 is 2.64 bits per heavy atom. The molecular weight excluding hydrogens is 626 g/mol. The van der Waals surface area contributed by atoms with Gasteiger partial charge < -0.3 is 20.5 Å². The van der Waals surface area contributed by atoms with Crippen LogP contribution in [0.2, 0.25) is 10.0 Å². The molecular formula is C32H31Cl2FN4O6. The van der Waals surface area contributed by atoms with Crippen molar-refractivity contribution in [1.82, 2.24) is 10.2 Å². The van der Waals surface area contributed by atoms with E-state index in [4.69, 9.17) is 27.9 Å². The molecule has 0 aromatic heterocycles. The summed E-state index contributed by atoms with van der Waals surface area (Å²) in [5, 5.41) is 29.4. The molecule has 5 rings (SSSR count). The van der Waals surface area contributed by atoms with Crippen molar-refractivity contribution in [3.8, 4) is 0 Å². The molecule has 0 saturated carbocycles. The van der Waals surface area contributed by atoms with Crippen LogP contribution >= 0.6 is 23.2 Å². The molecule has 2 heterocycles. The van der Waals surface area contributed by atoms with Crippen LogP contribution in [0.25, 0.3) is 0 Å². The number of methoxy groups -OCH3 is 1. The number of carbonyl (C=O) groups excluding carboxylic acids is 2. The number of benzene rings is 3. The molecule has 10 nitrogen and oxygen atoms in total. The van der Waals surface area contributed by atoms with Crippen LogP contribution in [0.15, 0.2) is 66.2 Å². The number of allylic oxidation sites excluding steroid dienone is 1. The maximum absolute atomic E-state index is 16.1. The molecule has 0 radical (unpaired) electrons. The highest BCUT2D eigenvalue weighted by Crippen LogP contribution is 2.57. The lowest BCUT2D eigenvalue weighted by molar-refractivity contribution is -0.385. The quantitative estimate of drug-likeness (QED) is 0.118. The molecule has 0 bridgehead atoms. The van der Waals surface area contributed by atoms with E-state index in [2.05, 4.69) is 10.6 Å². The highest BCUT2D eigenvalue weighted by molar-refractivity contribution is 6.31. The number of rotatable bonds is 9. The van der Waals surface area contributed by atoms with Crippen LogP contribution in [0, 0.1) is 15.9 Å². The molecule has 0 unspecified atom stereocenters. The van der Waals surface area contributed by atoms with Crippen molar-refractivity contribution < 1.29 is 28.7 Å². The lowest BCUT2D eigenvalue weighted by Gasteiger charge is -2.39. The Morgan fingerprint density at radius 2 is 1.98 bits per heavy atom. The number of nitro benzene ring substituents is 1. The highest BCUT2D eigenvalue weighted by Gasteiger charge is 2.66. The third kappa shape index (κ3) is 5.59. The van der Waals surface area contributed by atoms with Gasteiger partial charge in [0, 0.05) is 53.0 Å². The molecule has 1 saturated heterocycles. The molecule has 0 aliphatic carbocycles. The predicted octanol–water partition coefficient (Wildman–Crippen LogP) is 5.56. The van der Waals surface area contributed by atoms with E-state index < -0.39 is 52.8 Å². The molecule has 236 valence electrons. The van der Waals surface area contributed by atoms with E-state index in [1.165, 1.54) is 25.3 Å². The lowest BCUT2D eigenvalue weighted by atomic mass is 9.73. The van der Waals surface area contributed by atoms with Crippen LogP contribution in [0.3, 0.4) is 0 Å². The number of likely N-dealkylation sites (tertiary alicyclic amines) is 1. The molecule has 13 heteroatoms. The van der Waals surface area contributed by atoms with Crippen LogP contribution in [-0.2, 0) is 21.6 Å². The van der Waals surface area contributed by atoms with E-state index in [1.54, 1.807) is 30.3 Å². The summed E-state index contributed by atoms with van der Waals surface area (Å²) in [6, 6.07) is 11.9. The molecule has 3 aromatic carbocycles. The number of amides is 1. The number of carbonyl (C=O) groups is 2. The lowest BCUT2D eigenvalue weighted by Crippen LogP contribution is -2.52. The second kappa shape index (κ2) is 12.9. The third-order valence-electron chi connectivity index (χ3n) is 8.49. The van der Waals surface area contributed by atoms with Gasteiger partial charge in [0.25, 0.3) is 5.69 Å². The van der Waals surface area contributed by atoms with E-state index >= 15 is 4.39 Å². The van der Waals surface area contributed by atoms with Crippen molar-refractivity contribution in [3.63, 3.8) is 0 Å². The van der Waals surface area contributed by atoms with E-state index in [9.17, 15) is 24.8 Å². The smallest absolute Gasteiger partial charge is 0.338 e. The molecule has 3 aromatic rings. The van der Waals surface area contributed by atoms with Crippen LogP contribution in [0.5, 0.6) is 0 Å². The van der Waals surface area contributed by atoms with Crippen molar-refractivity contribution in [2.45, 2.75) is 43.9 Å². The maximum atomic E-state index is 16.1. The van der Waals surface area contributed by atoms with Crippen molar-refractivity contribution >= 4 is 46.5 Å². The summed E-state index contributed by atoms with van der Waals surface area (Å²) in [5.74, 6) is -2.87. The summed E-state index contributed by atoms with van der Waals surface area (Å²) in [6.45, 7) is 3.47. The number of ether oxygens (including phenoxy) is 1. The normalized spacial score (nSPS) is 22.3. The summed E-state index contributed by atoms with van der Waals surface area (Å²) in [6.07, 6.45) is 1.91. The first-order valence-electron chi connectivity index (χ1n) is 14.1. The average molecular weight is 658 g/mol. The van der Waals surface area contributed by atoms with Gasteiger partial charge in [-0.3, -0.25) is 19.8 Å². The van der Waals surface area contributed by atoms with Gasteiger partial charge in [0.2, 0.25) is 5.91 Å². The van der Waals surface area contributed by atoms with Crippen molar-refractivity contribution in [2.24, 2.45) is 0 Å². The van der Waals surface area contributed by atoms with E-state index in [0.717, 1.165) is 11.6 Å². The van der Waals surface area contributed by atoms with Gasteiger partial charge in [-0.25, -0.2) is 9.18 Å². The number of nitro groups is 1. The Balaban J connectivity index is 1.71. The largest absolute Gasteiger partial charge is 0.465 e. The average Bonchev–Trinajstić information content (AvgIpc) is 3.45. The second-order valence-electron chi connectivity index (χ2n) is 11.2. The second-order valence-corrected chi connectivity index (χ2v) is 12.1. The number of halogens is 3. The fraction of sp³-hybridized carbons (Fsp3) is 0.312. The first-order chi connectivity index (χ1) is 21.4. The molecule has 2 aliphatic rings. The van der Waals surface area contributed by atoms with Crippen molar-refractivity contribution in [3.05, 3.63) is 114 Å². The van der Waals surface area contributed by atoms with Gasteiger partial charge in [-0.2, -0.15) is 0 Å². The monoisotopic (exact) mass is 656 g/mol. The minimum absolute atomic E-state index is 0.00525. The Bertz CT molecular complexity index is 1710. The number of aliphatic hydroxyl groups excluding tert-OH is 1. The van der Waals surface area contributed by atoms with Crippen LogP contribution in [-0.4, -0.2) is 59.2 Å². The summed E-state index contributed by atoms with van der Waals surface area (Å²) >= 11 is 12.6. The summed E-state index contributed by atoms with van der Waals surface area (Å²) < 4.78 is 20.8. The van der Waals surface area contributed by atoms with Crippen LogP contribution in [0.4, 0.5) is 15.8 Å². The van der Waals surface area contributed by atoms with E-state index in [1.807, 2.05) is 24.8 Å². The zero-order valence-electron chi connectivity index (χ0n) is 24.6. The van der Waals surface area contributed by atoms with E-state index in [-0.39, 0.29) is 40.5 Å². The Labute approximate surface area is 268 Å². The fourth-order valence-electron chi connectivity index (χ4n) is 6.56. The Morgan fingerprint density at radius 1 is 1.22 bits per heavy atom. The van der Waals surface area contributed by atoms with Gasteiger partial charge in [-0.1, -0.05) is 59.1 Å². The molecule has 1 fully saturated rings. The van der Waals surface area contributed by atoms with Gasteiger partial charge in [0.15, 0.2) is 0 Å². The maximum Gasteiger partial charge on any atom is 0.338 e. The molecule has 1 amide bonds. The molecule has 2 aliphatic heterocycles. The highest BCUT2D eigenvalue weighted by atomic mass is 35.5. The molecule has 45 heavy (non-hydrogen) atoms. The Kier molecular flexibility index (Phi) is 9.29. The number of hydrogen-bond donors (Lipinski definition) is 3. The minimum atomic E-state index is -1.54. The summed E-state index contributed by atoms with van der Waals surface area (Å²) in [7, 11) is 1.18. The van der Waals surface area contributed by atoms with Crippen molar-refractivity contribution in [1.29, 1.82) is 0 Å². The number of aliphatic hydroxyl groups is 1. The fourth-order valence-corrected chi connectivity index (χ4v) is 6.92. The zero-order chi connectivity index (χ0) is 32.6. The van der Waals surface area contributed by atoms with Gasteiger partial charge in [-0.15, -0.1) is 0 Å². The van der Waals surface area contributed by atoms with Gasteiger partial charge in [0.1, 0.15) is 11.4 Å². The van der Waals surface area contributed by atoms with Gasteiger partial charge in [0.05, 0.1) is 35.3 Å². The molecule has 1 spiro atoms. The Hall–Kier alpha value is -3.87. The van der Waals surface area contributed by atoms with Crippen molar-refractivity contribution in [2.75, 3.05) is 25.6 Å². The summed E-state index contributed by atoms with van der Waals surface area (Å²) in [4.78, 5) is 39.7. The van der Waals surface area contributed by atoms with Gasteiger partial charge >= 0.3 is 5.97 Å². The van der Waals surface area contributed by atoms with Crippen LogP contribution in [0.1, 0.15) is 46.8 Å². The number of hydrogen-bond acceptors (Lipinski definition) is 8. The standard InChI is InChI=1S/C32H31Cl2FN4O6/c1-17(2)11-12-38-26(16-40)29(36-15-19-8-7-18(30(41)45-3)13-25(19)39(43)44)27(21-5-4-6-23(34)28(21)35)32(38)22-10-9-20(33)14-24(22)37-31(32)42/h4-11,13-14,26-27,29,36,40H,12,15-16H2,1-3H3,(H,37,42)/t26-,27-,29+,32+/m0/s1. The topological polar surface area (TPSA) is 134 Å². The number of fused-ring (bicyclic) bond motifs is 2. The van der Waals surface area contributed by atoms with E-state index in [0.29, 0.717) is 16.3 Å². The first kappa shape index (κ1) is 32.5. The van der Waals surface area contributed by atoms with Crippen LogP contribution < -0.4 is 10.6 Å². The minimum Gasteiger partial charge on any atom is -0.465 e. The van der Waals surface area contributed by atoms with Gasteiger partial charge in [-0.05, 0) is 43.7 Å². The SMILES string of the molecule is COC(=O)c1ccc(CN[C@@H]2[C@H](CO)N(CC=C(C)C)[C@@]3(C(=O)Nc4cc(Cl)ccc43)[C@H]2c2cccc(Cl)c2F)c([N+](=O)[O-])c1. The predicted molar refractivity (Wildman–Crippen MR) is 168 cm³/mol. The number of nitrogens with one attached hydrogen (secondary N) is 2. The third-order valence-corrected chi connectivity index (χ3v) is 9.02. The molecule has 3 N–H and O–H groups in total. The summed E-state index contributed by atoms with van der Waals surface area (Å²) in [5.41, 5.74) is 0.451. The zero-order valence-corrected chi connectivity index (χ0v) is 26.2. The molecule has 4 atom stereocenters. The number of esters is 1.